The van der Waals surface area contributed by atoms with Crippen LogP contribution in [0.5, 0.6) is 5.75 Å². The standard InChI is InChI=1S/C22H25N3O3S/c1-27-18-6-2-5-17(13-18)14-24-10-9-23-21(24)16-25(15-19-7-3-11-28-19)22(26)20-8-4-12-29-20/h2,4-6,8-10,12-13,19H,3,7,11,14-16H2,1H3/t19-/m0/s1. The second kappa shape index (κ2) is 9.24. The van der Waals surface area contributed by atoms with Crippen LogP contribution in [0, 0.1) is 0 Å². The second-order valence-corrected chi connectivity index (χ2v) is 8.07. The summed E-state index contributed by atoms with van der Waals surface area (Å²) < 4.78 is 13.2. The first-order valence-corrected chi connectivity index (χ1v) is 10.7. The van der Waals surface area contributed by atoms with E-state index in [1.807, 2.05) is 46.8 Å². The number of hydrogen-bond acceptors (Lipinski definition) is 5. The Kier molecular flexibility index (Phi) is 6.27. The minimum Gasteiger partial charge on any atom is -0.497 e. The third kappa shape index (κ3) is 4.86. The van der Waals surface area contributed by atoms with Gasteiger partial charge in [0.1, 0.15) is 11.6 Å². The van der Waals surface area contributed by atoms with Crippen LogP contribution in [0.25, 0.3) is 0 Å². The molecule has 3 aromatic rings. The molecule has 1 aliphatic heterocycles. The SMILES string of the molecule is COc1cccc(Cn2ccnc2CN(C[C@@H]2CCCO2)C(=O)c2cccs2)c1. The van der Waals surface area contributed by atoms with Crippen LogP contribution in [0.3, 0.4) is 0 Å². The van der Waals surface area contributed by atoms with Crippen LogP contribution in [0.1, 0.15) is 33.9 Å². The van der Waals surface area contributed by atoms with E-state index in [1.165, 1.54) is 11.3 Å². The molecule has 4 rings (SSSR count). The zero-order valence-electron chi connectivity index (χ0n) is 16.5. The van der Waals surface area contributed by atoms with E-state index in [2.05, 4.69) is 15.6 Å². The molecule has 0 saturated carbocycles. The minimum absolute atomic E-state index is 0.0337. The van der Waals surface area contributed by atoms with Gasteiger partial charge >= 0.3 is 0 Å². The molecule has 0 bridgehead atoms. The van der Waals surface area contributed by atoms with Gasteiger partial charge in [-0.05, 0) is 42.0 Å². The fourth-order valence-electron chi connectivity index (χ4n) is 3.58. The van der Waals surface area contributed by atoms with E-state index < -0.39 is 0 Å². The van der Waals surface area contributed by atoms with Crippen molar-refractivity contribution in [3.05, 3.63) is 70.4 Å². The van der Waals surface area contributed by atoms with Crippen molar-refractivity contribution in [2.24, 2.45) is 0 Å². The summed E-state index contributed by atoms with van der Waals surface area (Å²) in [6.45, 7) is 2.49. The van der Waals surface area contributed by atoms with Crippen LogP contribution in [0.15, 0.2) is 54.2 Å². The molecule has 29 heavy (non-hydrogen) atoms. The molecule has 2 aromatic heterocycles. The van der Waals surface area contributed by atoms with Crippen LogP contribution in [0.4, 0.5) is 0 Å². The maximum absolute atomic E-state index is 13.1. The van der Waals surface area contributed by atoms with Gasteiger partial charge in [0, 0.05) is 32.1 Å². The number of carbonyl (C=O) groups is 1. The van der Waals surface area contributed by atoms with Gasteiger partial charge < -0.3 is 18.9 Å². The number of nitrogens with zero attached hydrogens (tertiary/aromatic N) is 3. The number of hydrogen-bond donors (Lipinski definition) is 0. The van der Waals surface area contributed by atoms with Gasteiger partial charge in [0.05, 0.1) is 24.6 Å². The lowest BCUT2D eigenvalue weighted by atomic mass is 10.2. The molecule has 0 unspecified atom stereocenters. The smallest absolute Gasteiger partial charge is 0.264 e. The number of imidazole rings is 1. The Bertz CT molecular complexity index is 932. The number of methoxy groups -OCH3 is 1. The van der Waals surface area contributed by atoms with E-state index in [0.717, 1.165) is 41.5 Å². The lowest BCUT2D eigenvalue weighted by molar-refractivity contribution is 0.0502. The van der Waals surface area contributed by atoms with Crippen LogP contribution in [0.2, 0.25) is 0 Å². The highest BCUT2D eigenvalue weighted by molar-refractivity contribution is 7.12. The zero-order valence-corrected chi connectivity index (χ0v) is 17.3. The average molecular weight is 412 g/mol. The van der Waals surface area contributed by atoms with Gasteiger partial charge in [-0.2, -0.15) is 0 Å². The van der Waals surface area contributed by atoms with E-state index in [0.29, 0.717) is 19.6 Å². The Morgan fingerprint density at radius 1 is 1.38 bits per heavy atom. The molecule has 1 saturated heterocycles. The molecule has 0 radical (unpaired) electrons. The van der Waals surface area contributed by atoms with Gasteiger partial charge in [-0.25, -0.2) is 4.98 Å². The highest BCUT2D eigenvalue weighted by Crippen LogP contribution is 2.20. The molecule has 0 spiro atoms. The molecule has 1 aliphatic rings. The summed E-state index contributed by atoms with van der Waals surface area (Å²) in [5.74, 6) is 1.72. The van der Waals surface area contributed by atoms with Crippen molar-refractivity contribution in [1.29, 1.82) is 0 Å². The Balaban J connectivity index is 1.52. The molecule has 0 aliphatic carbocycles. The number of rotatable bonds is 8. The van der Waals surface area contributed by atoms with Crippen molar-refractivity contribution in [2.45, 2.75) is 32.0 Å². The molecule has 152 valence electrons. The molecule has 3 heterocycles. The number of ether oxygens (including phenoxy) is 2. The largest absolute Gasteiger partial charge is 0.497 e. The van der Waals surface area contributed by atoms with Crippen molar-refractivity contribution < 1.29 is 14.3 Å². The Labute approximate surface area is 174 Å². The predicted molar refractivity (Wildman–Crippen MR) is 112 cm³/mol. The van der Waals surface area contributed by atoms with Crippen molar-refractivity contribution >= 4 is 17.2 Å². The number of carbonyl (C=O) groups excluding carboxylic acids is 1. The number of amides is 1. The Morgan fingerprint density at radius 2 is 2.31 bits per heavy atom. The van der Waals surface area contributed by atoms with Gasteiger partial charge in [0.15, 0.2) is 0 Å². The predicted octanol–water partition coefficient (Wildman–Crippen LogP) is 3.82. The first-order chi connectivity index (χ1) is 14.2. The maximum Gasteiger partial charge on any atom is 0.264 e. The average Bonchev–Trinajstić information content (AvgIpc) is 3.51. The summed E-state index contributed by atoms with van der Waals surface area (Å²) in [4.78, 5) is 20.2. The fraction of sp³-hybridized carbons (Fsp3) is 0.364. The van der Waals surface area contributed by atoms with Crippen molar-refractivity contribution in [2.75, 3.05) is 20.3 Å². The van der Waals surface area contributed by atoms with E-state index in [-0.39, 0.29) is 12.0 Å². The molecule has 6 nitrogen and oxygen atoms in total. The fourth-order valence-corrected chi connectivity index (χ4v) is 4.27. The van der Waals surface area contributed by atoms with E-state index >= 15 is 0 Å². The van der Waals surface area contributed by atoms with Crippen molar-refractivity contribution in [3.63, 3.8) is 0 Å². The van der Waals surface area contributed by atoms with Crippen LogP contribution in [-0.2, 0) is 17.8 Å². The molecule has 1 fully saturated rings. The van der Waals surface area contributed by atoms with Gasteiger partial charge in [0.2, 0.25) is 0 Å². The number of thiophene rings is 1. The lowest BCUT2D eigenvalue weighted by Crippen LogP contribution is -2.37. The number of aromatic nitrogens is 2. The molecular weight excluding hydrogens is 386 g/mol. The first kappa shape index (κ1) is 19.7. The van der Waals surface area contributed by atoms with Crippen LogP contribution < -0.4 is 4.74 Å². The van der Waals surface area contributed by atoms with E-state index in [1.54, 1.807) is 13.3 Å². The molecule has 0 N–H and O–H groups in total. The maximum atomic E-state index is 13.1. The van der Waals surface area contributed by atoms with Gasteiger partial charge in [0.25, 0.3) is 5.91 Å². The molecule has 1 atom stereocenters. The van der Waals surface area contributed by atoms with E-state index in [9.17, 15) is 4.79 Å². The highest BCUT2D eigenvalue weighted by Gasteiger charge is 2.25. The monoisotopic (exact) mass is 411 g/mol. The van der Waals surface area contributed by atoms with Crippen molar-refractivity contribution in [3.8, 4) is 5.75 Å². The first-order valence-electron chi connectivity index (χ1n) is 9.80. The van der Waals surface area contributed by atoms with Crippen LogP contribution >= 0.6 is 11.3 Å². The quantitative estimate of drug-likeness (QED) is 0.565. The summed E-state index contributed by atoms with van der Waals surface area (Å²) >= 11 is 1.47. The lowest BCUT2D eigenvalue weighted by Gasteiger charge is -2.25. The second-order valence-electron chi connectivity index (χ2n) is 7.12. The van der Waals surface area contributed by atoms with Gasteiger partial charge in [-0.3, -0.25) is 4.79 Å². The third-order valence-corrected chi connectivity index (χ3v) is 5.95. The Hall–Kier alpha value is -2.64. The Morgan fingerprint density at radius 3 is 3.07 bits per heavy atom. The number of benzene rings is 1. The minimum atomic E-state index is 0.0337. The molecule has 7 heteroatoms. The van der Waals surface area contributed by atoms with Gasteiger partial charge in [-0.1, -0.05) is 18.2 Å². The summed E-state index contributed by atoms with van der Waals surface area (Å²) in [6.07, 6.45) is 5.88. The summed E-state index contributed by atoms with van der Waals surface area (Å²) in [5, 5.41) is 1.93. The normalized spacial score (nSPS) is 16.1. The van der Waals surface area contributed by atoms with Crippen molar-refractivity contribution in [1.82, 2.24) is 14.5 Å². The highest BCUT2D eigenvalue weighted by atomic mass is 32.1. The molecular formula is C22H25N3O3S. The van der Waals surface area contributed by atoms with Crippen LogP contribution in [-0.4, -0.2) is 46.7 Å². The summed E-state index contributed by atoms with van der Waals surface area (Å²) in [7, 11) is 1.67. The summed E-state index contributed by atoms with van der Waals surface area (Å²) in [6, 6.07) is 11.8. The van der Waals surface area contributed by atoms with Gasteiger partial charge in [-0.15, -0.1) is 11.3 Å². The molecule has 1 aromatic carbocycles. The zero-order chi connectivity index (χ0) is 20.1. The molecule has 1 amide bonds. The summed E-state index contributed by atoms with van der Waals surface area (Å²) in [5.41, 5.74) is 1.12. The topological polar surface area (TPSA) is 56.6 Å². The van der Waals surface area contributed by atoms with E-state index in [4.69, 9.17) is 9.47 Å². The third-order valence-electron chi connectivity index (χ3n) is 5.09.